The summed E-state index contributed by atoms with van der Waals surface area (Å²) < 4.78 is 0. The number of para-hydroxylation sites is 1. The van der Waals surface area contributed by atoms with Gasteiger partial charge in [0.25, 0.3) is 11.8 Å². The van der Waals surface area contributed by atoms with Crippen LogP contribution in [0.1, 0.15) is 46.5 Å². The van der Waals surface area contributed by atoms with Crippen LogP contribution in [0.4, 0.5) is 5.69 Å². The highest BCUT2D eigenvalue weighted by Gasteiger charge is 2.17. The van der Waals surface area contributed by atoms with E-state index in [0.717, 1.165) is 17.1 Å². The van der Waals surface area contributed by atoms with Crippen LogP contribution in [0.2, 0.25) is 0 Å². The molecule has 0 radical (unpaired) electrons. The molecule has 0 aliphatic rings. The molecule has 0 spiro atoms. The highest BCUT2D eigenvalue weighted by atomic mass is 32.2. The van der Waals surface area contributed by atoms with Crippen LogP contribution in [0.5, 0.6) is 0 Å². The van der Waals surface area contributed by atoms with E-state index in [-0.39, 0.29) is 17.9 Å². The Morgan fingerprint density at radius 2 is 1.47 bits per heavy atom. The fraction of sp³-hybridized carbons (Fsp3) is 0.200. The number of carbonyl (C=O) groups excluding carboxylic acids is 2. The van der Waals surface area contributed by atoms with Gasteiger partial charge in [0, 0.05) is 16.7 Å². The van der Waals surface area contributed by atoms with Gasteiger partial charge >= 0.3 is 0 Å². The number of carbonyl (C=O) groups is 2. The van der Waals surface area contributed by atoms with Gasteiger partial charge in [-0.3, -0.25) is 9.59 Å². The van der Waals surface area contributed by atoms with E-state index >= 15 is 0 Å². The van der Waals surface area contributed by atoms with Crippen molar-refractivity contribution in [3.8, 4) is 0 Å². The summed E-state index contributed by atoms with van der Waals surface area (Å²) in [5.74, 6) is 0.362. The molecule has 0 unspecified atom stereocenters. The molecule has 0 bridgehead atoms. The van der Waals surface area contributed by atoms with Crippen molar-refractivity contribution in [3.05, 3.63) is 95.6 Å². The molecule has 2 N–H and O–H groups in total. The van der Waals surface area contributed by atoms with E-state index in [0.29, 0.717) is 16.8 Å². The fourth-order valence-electron chi connectivity index (χ4n) is 2.90. The van der Waals surface area contributed by atoms with Gasteiger partial charge < -0.3 is 10.6 Å². The van der Waals surface area contributed by atoms with Gasteiger partial charge in [-0.2, -0.15) is 0 Å². The van der Waals surface area contributed by atoms with Gasteiger partial charge in [0.1, 0.15) is 0 Å². The lowest BCUT2D eigenvalue weighted by molar-refractivity contribution is 0.0940. The molecule has 3 aromatic rings. The second kappa shape index (κ2) is 10.6. The summed E-state index contributed by atoms with van der Waals surface area (Å²) in [6, 6.07) is 24.8. The van der Waals surface area contributed by atoms with Crippen molar-refractivity contribution in [2.75, 3.05) is 5.32 Å². The summed E-state index contributed by atoms with van der Waals surface area (Å²) in [6.07, 6.45) is 0.840. The number of benzene rings is 3. The number of amides is 2. The van der Waals surface area contributed by atoms with Crippen LogP contribution < -0.4 is 10.6 Å². The summed E-state index contributed by atoms with van der Waals surface area (Å²) >= 11 is 1.62. The summed E-state index contributed by atoms with van der Waals surface area (Å²) in [4.78, 5) is 26.6. The molecule has 0 aliphatic heterocycles. The van der Waals surface area contributed by atoms with Crippen LogP contribution in [0.25, 0.3) is 0 Å². The molecule has 0 aromatic heterocycles. The SMILES string of the molecule is CC[C@@H](C)NC(=O)c1ccccc1NC(=O)c1ccccc1SCc1ccccc1. The predicted octanol–water partition coefficient (Wildman–Crippen LogP) is 5.76. The second-order valence-corrected chi connectivity index (χ2v) is 8.07. The minimum Gasteiger partial charge on any atom is -0.350 e. The van der Waals surface area contributed by atoms with E-state index in [9.17, 15) is 9.59 Å². The third kappa shape index (κ3) is 5.74. The third-order valence-electron chi connectivity index (χ3n) is 4.78. The van der Waals surface area contributed by atoms with E-state index in [1.165, 1.54) is 5.56 Å². The van der Waals surface area contributed by atoms with Gasteiger partial charge in [-0.05, 0) is 43.2 Å². The Labute approximate surface area is 182 Å². The number of hydrogen-bond donors (Lipinski definition) is 2. The first-order valence-corrected chi connectivity index (χ1v) is 11.0. The number of thioether (sulfide) groups is 1. The van der Waals surface area contributed by atoms with E-state index in [1.54, 1.807) is 30.0 Å². The highest BCUT2D eigenvalue weighted by Crippen LogP contribution is 2.27. The average molecular weight is 419 g/mol. The minimum atomic E-state index is -0.227. The van der Waals surface area contributed by atoms with E-state index in [1.807, 2.05) is 62.4 Å². The van der Waals surface area contributed by atoms with Gasteiger partial charge in [0.05, 0.1) is 16.8 Å². The second-order valence-electron chi connectivity index (χ2n) is 7.05. The number of nitrogens with one attached hydrogen (secondary N) is 2. The topological polar surface area (TPSA) is 58.2 Å². The first-order valence-electron chi connectivity index (χ1n) is 10.1. The first kappa shape index (κ1) is 21.7. The molecule has 30 heavy (non-hydrogen) atoms. The molecule has 0 aliphatic carbocycles. The zero-order valence-electron chi connectivity index (χ0n) is 17.2. The number of hydrogen-bond acceptors (Lipinski definition) is 3. The maximum Gasteiger partial charge on any atom is 0.256 e. The standard InChI is InChI=1S/C25H26N2O2S/c1-3-18(2)26-24(28)20-13-7-9-15-22(20)27-25(29)21-14-8-10-16-23(21)30-17-19-11-5-4-6-12-19/h4-16,18H,3,17H2,1-2H3,(H,26,28)(H,27,29)/t18-/m1/s1. The summed E-state index contributed by atoms with van der Waals surface area (Å²) in [7, 11) is 0. The molecule has 154 valence electrons. The number of anilines is 1. The molecule has 1 atom stereocenters. The smallest absolute Gasteiger partial charge is 0.256 e. The van der Waals surface area contributed by atoms with Crippen molar-refractivity contribution < 1.29 is 9.59 Å². The number of rotatable bonds is 8. The molecule has 0 saturated heterocycles. The summed E-state index contributed by atoms with van der Waals surface area (Å²) in [6.45, 7) is 3.97. The molecule has 3 aromatic carbocycles. The summed E-state index contributed by atoms with van der Waals surface area (Å²) in [5, 5.41) is 5.88. The third-order valence-corrected chi connectivity index (χ3v) is 5.92. The molecular weight excluding hydrogens is 392 g/mol. The highest BCUT2D eigenvalue weighted by molar-refractivity contribution is 7.98. The largest absolute Gasteiger partial charge is 0.350 e. The predicted molar refractivity (Wildman–Crippen MR) is 124 cm³/mol. The quantitative estimate of drug-likeness (QED) is 0.457. The Morgan fingerprint density at radius 3 is 2.20 bits per heavy atom. The van der Waals surface area contributed by atoms with Gasteiger partial charge in [0.15, 0.2) is 0 Å². The zero-order chi connectivity index (χ0) is 21.3. The van der Waals surface area contributed by atoms with Crippen molar-refractivity contribution >= 4 is 29.3 Å². The lowest BCUT2D eigenvalue weighted by atomic mass is 10.1. The van der Waals surface area contributed by atoms with Crippen molar-refractivity contribution in [2.24, 2.45) is 0 Å². The lowest BCUT2D eigenvalue weighted by Gasteiger charge is -2.15. The Morgan fingerprint density at radius 1 is 0.833 bits per heavy atom. The van der Waals surface area contributed by atoms with Crippen LogP contribution in [0, 0.1) is 0 Å². The summed E-state index contributed by atoms with van der Waals surface area (Å²) in [5.41, 5.74) is 2.76. The van der Waals surface area contributed by atoms with Gasteiger partial charge in [-0.1, -0.05) is 61.5 Å². The van der Waals surface area contributed by atoms with Crippen molar-refractivity contribution in [3.63, 3.8) is 0 Å². The van der Waals surface area contributed by atoms with Crippen LogP contribution in [0.3, 0.4) is 0 Å². The van der Waals surface area contributed by atoms with E-state index in [2.05, 4.69) is 22.8 Å². The molecular formula is C25H26N2O2S. The van der Waals surface area contributed by atoms with Crippen molar-refractivity contribution in [2.45, 2.75) is 37.0 Å². The van der Waals surface area contributed by atoms with Crippen molar-refractivity contribution in [1.29, 1.82) is 0 Å². The lowest BCUT2D eigenvalue weighted by Crippen LogP contribution is -2.32. The molecule has 3 rings (SSSR count). The molecule has 5 heteroatoms. The monoisotopic (exact) mass is 418 g/mol. The normalized spacial score (nSPS) is 11.5. The van der Waals surface area contributed by atoms with Gasteiger partial charge in [-0.25, -0.2) is 0 Å². The Kier molecular flexibility index (Phi) is 7.69. The van der Waals surface area contributed by atoms with Crippen LogP contribution >= 0.6 is 11.8 Å². The van der Waals surface area contributed by atoms with Crippen LogP contribution in [-0.4, -0.2) is 17.9 Å². The molecule has 2 amide bonds. The van der Waals surface area contributed by atoms with Gasteiger partial charge in [-0.15, -0.1) is 11.8 Å². The Balaban J connectivity index is 1.76. The van der Waals surface area contributed by atoms with E-state index in [4.69, 9.17) is 0 Å². The average Bonchev–Trinajstić information content (AvgIpc) is 2.78. The van der Waals surface area contributed by atoms with Crippen LogP contribution in [0.15, 0.2) is 83.8 Å². The Bertz CT molecular complexity index is 1000. The zero-order valence-corrected chi connectivity index (χ0v) is 18.0. The maximum atomic E-state index is 13.0. The van der Waals surface area contributed by atoms with Gasteiger partial charge in [0.2, 0.25) is 0 Å². The maximum absolute atomic E-state index is 13.0. The molecule has 0 fully saturated rings. The molecule has 0 heterocycles. The minimum absolute atomic E-state index is 0.0661. The molecule has 0 saturated carbocycles. The Hall–Kier alpha value is -3.05. The van der Waals surface area contributed by atoms with Crippen LogP contribution in [-0.2, 0) is 5.75 Å². The van der Waals surface area contributed by atoms with E-state index < -0.39 is 0 Å². The fourth-order valence-corrected chi connectivity index (χ4v) is 3.90. The first-order chi connectivity index (χ1) is 14.6. The molecule has 4 nitrogen and oxygen atoms in total. The van der Waals surface area contributed by atoms with Crippen molar-refractivity contribution in [1.82, 2.24) is 5.32 Å².